The van der Waals surface area contributed by atoms with E-state index in [9.17, 15) is 9.59 Å². The van der Waals surface area contributed by atoms with E-state index in [-0.39, 0.29) is 11.9 Å². The predicted octanol–water partition coefficient (Wildman–Crippen LogP) is 3.50. The van der Waals surface area contributed by atoms with Crippen molar-refractivity contribution in [2.45, 2.75) is 53.4 Å². The Kier molecular flexibility index (Phi) is 7.54. The van der Waals surface area contributed by atoms with Crippen molar-refractivity contribution in [1.82, 2.24) is 0 Å². The van der Waals surface area contributed by atoms with Gasteiger partial charge in [-0.15, -0.1) is 0 Å². The molecule has 0 unspecified atom stereocenters. The smallest absolute Gasteiger partial charge is 0.311 e. The molecule has 20 heavy (non-hydrogen) atoms. The van der Waals surface area contributed by atoms with Gasteiger partial charge in [0.15, 0.2) is 0 Å². The lowest BCUT2D eigenvalue weighted by Crippen LogP contribution is -2.25. The number of hydrogen-bond donors (Lipinski definition) is 0. The molecule has 0 bridgehead atoms. The second-order valence-electron chi connectivity index (χ2n) is 6.30. The summed E-state index contributed by atoms with van der Waals surface area (Å²) < 4.78 is 9.52. The van der Waals surface area contributed by atoms with Crippen LogP contribution in [0.15, 0.2) is 12.2 Å². The largest absolute Gasteiger partial charge is 0.469 e. The molecule has 0 aliphatic rings. The predicted molar refractivity (Wildman–Crippen MR) is 79.2 cm³/mol. The van der Waals surface area contributed by atoms with Gasteiger partial charge in [0.25, 0.3) is 0 Å². The van der Waals surface area contributed by atoms with Crippen LogP contribution in [-0.4, -0.2) is 26.2 Å². The SMILES string of the molecule is COC(=O)C(C)(C)CC/C=C/CCC(C)(C)C(=O)OC. The summed E-state index contributed by atoms with van der Waals surface area (Å²) in [5.74, 6) is -0.365. The Morgan fingerprint density at radius 2 is 1.10 bits per heavy atom. The minimum atomic E-state index is -0.454. The fourth-order valence-corrected chi connectivity index (χ4v) is 1.88. The van der Waals surface area contributed by atoms with Gasteiger partial charge < -0.3 is 9.47 Å². The minimum Gasteiger partial charge on any atom is -0.469 e. The molecule has 0 heterocycles. The van der Waals surface area contributed by atoms with Gasteiger partial charge in [-0.25, -0.2) is 0 Å². The second-order valence-corrected chi connectivity index (χ2v) is 6.30. The topological polar surface area (TPSA) is 52.6 Å². The number of methoxy groups -OCH3 is 2. The van der Waals surface area contributed by atoms with Crippen LogP contribution >= 0.6 is 0 Å². The third-order valence-corrected chi connectivity index (χ3v) is 3.51. The molecule has 4 nitrogen and oxygen atoms in total. The van der Waals surface area contributed by atoms with Crippen LogP contribution < -0.4 is 0 Å². The van der Waals surface area contributed by atoms with E-state index in [0.717, 1.165) is 25.7 Å². The lowest BCUT2D eigenvalue weighted by Gasteiger charge is -2.21. The fraction of sp³-hybridized carbons (Fsp3) is 0.750. The molecule has 0 atom stereocenters. The summed E-state index contributed by atoms with van der Waals surface area (Å²) in [4.78, 5) is 23.0. The Bertz CT molecular complexity index is 319. The van der Waals surface area contributed by atoms with Gasteiger partial charge in [0, 0.05) is 0 Å². The Hall–Kier alpha value is -1.32. The van der Waals surface area contributed by atoms with Crippen molar-refractivity contribution in [1.29, 1.82) is 0 Å². The molecule has 0 fully saturated rings. The summed E-state index contributed by atoms with van der Waals surface area (Å²) in [7, 11) is 2.82. The quantitative estimate of drug-likeness (QED) is 0.505. The van der Waals surface area contributed by atoms with Crippen molar-refractivity contribution >= 4 is 11.9 Å². The van der Waals surface area contributed by atoms with Gasteiger partial charge in [-0.3, -0.25) is 9.59 Å². The maximum atomic E-state index is 11.5. The maximum Gasteiger partial charge on any atom is 0.311 e. The van der Waals surface area contributed by atoms with E-state index in [4.69, 9.17) is 9.47 Å². The summed E-state index contributed by atoms with van der Waals surface area (Å²) in [6.07, 6.45) is 7.24. The standard InChI is InChI=1S/C16H28O4/c1-15(2,13(17)19-5)11-9-7-8-10-12-16(3,4)14(18)20-6/h7-8H,9-12H2,1-6H3/b8-7+. The lowest BCUT2D eigenvalue weighted by molar-refractivity contribution is -0.151. The minimum absolute atomic E-state index is 0.183. The van der Waals surface area contributed by atoms with Gasteiger partial charge in [-0.05, 0) is 53.4 Å². The van der Waals surface area contributed by atoms with E-state index in [1.54, 1.807) is 0 Å². The Labute approximate surface area is 122 Å². The van der Waals surface area contributed by atoms with E-state index in [0.29, 0.717) is 0 Å². The zero-order valence-electron chi connectivity index (χ0n) is 13.6. The average molecular weight is 284 g/mol. The van der Waals surface area contributed by atoms with Crippen LogP contribution in [0.25, 0.3) is 0 Å². The van der Waals surface area contributed by atoms with Crippen molar-refractivity contribution in [2.24, 2.45) is 10.8 Å². The van der Waals surface area contributed by atoms with E-state index in [1.807, 2.05) is 27.7 Å². The zero-order valence-corrected chi connectivity index (χ0v) is 13.6. The van der Waals surface area contributed by atoms with Crippen LogP contribution in [0.1, 0.15) is 53.4 Å². The highest BCUT2D eigenvalue weighted by atomic mass is 16.5. The number of hydrogen-bond acceptors (Lipinski definition) is 4. The number of ether oxygens (including phenoxy) is 2. The van der Waals surface area contributed by atoms with Crippen molar-refractivity contribution in [3.63, 3.8) is 0 Å². The zero-order chi connectivity index (χ0) is 15.8. The molecule has 0 saturated heterocycles. The molecule has 4 heteroatoms. The second kappa shape index (κ2) is 8.08. The molecule has 0 N–H and O–H groups in total. The van der Waals surface area contributed by atoms with Crippen LogP contribution in [0.5, 0.6) is 0 Å². The molecule has 0 aliphatic carbocycles. The molecule has 0 saturated carbocycles. The first kappa shape index (κ1) is 18.7. The molecule has 0 amide bonds. The van der Waals surface area contributed by atoms with Crippen molar-refractivity contribution in [3.05, 3.63) is 12.2 Å². The molecule has 0 rings (SSSR count). The lowest BCUT2D eigenvalue weighted by atomic mass is 9.87. The van der Waals surface area contributed by atoms with E-state index >= 15 is 0 Å². The van der Waals surface area contributed by atoms with Crippen molar-refractivity contribution in [3.8, 4) is 0 Å². The Morgan fingerprint density at radius 1 is 0.800 bits per heavy atom. The van der Waals surface area contributed by atoms with Gasteiger partial charge in [0.05, 0.1) is 25.0 Å². The molecule has 0 aromatic heterocycles. The number of carbonyl (C=O) groups is 2. The third kappa shape index (κ3) is 6.22. The first-order chi connectivity index (χ1) is 9.17. The molecule has 0 aromatic carbocycles. The molecular weight excluding hydrogens is 256 g/mol. The number of rotatable bonds is 8. The highest BCUT2D eigenvalue weighted by Gasteiger charge is 2.28. The van der Waals surface area contributed by atoms with E-state index < -0.39 is 10.8 Å². The summed E-state index contributed by atoms with van der Waals surface area (Å²) in [6, 6.07) is 0. The highest BCUT2D eigenvalue weighted by molar-refractivity contribution is 5.76. The van der Waals surface area contributed by atoms with Crippen molar-refractivity contribution in [2.75, 3.05) is 14.2 Å². The molecule has 0 aliphatic heterocycles. The van der Waals surface area contributed by atoms with Gasteiger partial charge in [0.2, 0.25) is 0 Å². The Morgan fingerprint density at radius 3 is 1.35 bits per heavy atom. The fourth-order valence-electron chi connectivity index (χ4n) is 1.88. The normalized spacial score (nSPS) is 12.5. The molecule has 116 valence electrons. The number of carbonyl (C=O) groups excluding carboxylic acids is 2. The molecular formula is C16H28O4. The van der Waals surface area contributed by atoms with Gasteiger partial charge in [0.1, 0.15) is 0 Å². The molecule has 0 spiro atoms. The first-order valence-corrected chi connectivity index (χ1v) is 6.99. The monoisotopic (exact) mass is 284 g/mol. The van der Waals surface area contributed by atoms with Crippen LogP contribution in [0.3, 0.4) is 0 Å². The highest BCUT2D eigenvalue weighted by Crippen LogP contribution is 2.26. The average Bonchev–Trinajstić information content (AvgIpc) is 2.40. The maximum absolute atomic E-state index is 11.5. The summed E-state index contributed by atoms with van der Waals surface area (Å²) in [5, 5.41) is 0. The van der Waals surface area contributed by atoms with Crippen molar-refractivity contribution < 1.29 is 19.1 Å². The molecule has 0 aromatic rings. The van der Waals surface area contributed by atoms with Gasteiger partial charge in [-0.2, -0.15) is 0 Å². The van der Waals surface area contributed by atoms with E-state index in [2.05, 4.69) is 12.2 Å². The van der Waals surface area contributed by atoms with Gasteiger partial charge in [-0.1, -0.05) is 12.2 Å². The number of allylic oxidation sites excluding steroid dienone is 2. The van der Waals surface area contributed by atoms with Crippen LogP contribution in [0, 0.1) is 10.8 Å². The number of esters is 2. The Balaban J connectivity index is 4.06. The van der Waals surface area contributed by atoms with Crippen LogP contribution in [0.4, 0.5) is 0 Å². The van der Waals surface area contributed by atoms with Crippen LogP contribution in [0.2, 0.25) is 0 Å². The first-order valence-electron chi connectivity index (χ1n) is 6.99. The summed E-state index contributed by atoms with van der Waals surface area (Å²) in [6.45, 7) is 7.53. The summed E-state index contributed by atoms with van der Waals surface area (Å²) in [5.41, 5.74) is -0.908. The summed E-state index contributed by atoms with van der Waals surface area (Å²) >= 11 is 0. The molecule has 0 radical (unpaired) electrons. The van der Waals surface area contributed by atoms with E-state index in [1.165, 1.54) is 14.2 Å². The third-order valence-electron chi connectivity index (χ3n) is 3.51. The van der Waals surface area contributed by atoms with Gasteiger partial charge >= 0.3 is 11.9 Å². The van der Waals surface area contributed by atoms with Crippen LogP contribution in [-0.2, 0) is 19.1 Å².